The summed E-state index contributed by atoms with van der Waals surface area (Å²) in [5.41, 5.74) is 43.4. The van der Waals surface area contributed by atoms with E-state index in [9.17, 15) is 49.2 Å². The summed E-state index contributed by atoms with van der Waals surface area (Å²) in [6.07, 6.45) is 6.30. The van der Waals surface area contributed by atoms with Gasteiger partial charge in [0.05, 0.1) is 120 Å². The number of aromatic nitrogens is 32. The number of nitrogens with one attached hydrogen (secondary N) is 4. The molecule has 0 aliphatic heterocycles. The summed E-state index contributed by atoms with van der Waals surface area (Å²) in [5.74, 6) is -3.94. The number of nitrogen functional groups attached to an aromatic ring is 6. The molecule has 21 N–H and O–H groups in total. The van der Waals surface area contributed by atoms with E-state index < -0.39 is 67.1 Å². The zero-order valence-electron chi connectivity index (χ0n) is 75.6. The minimum atomic E-state index is -0.770. The molecule has 0 radical (unpaired) electrons. The number of rotatable bonds is 29. The van der Waals surface area contributed by atoms with Gasteiger partial charge in [-0.15, -0.1) is 61.4 Å². The lowest BCUT2D eigenvalue weighted by Crippen LogP contribution is -2.13. The number of Topliss-reactive ketones (excluding diaryl/α,β-unsaturated/α-hetero) is 3. The second kappa shape index (κ2) is 40.7. The molecule has 0 amide bonds. The van der Waals surface area contributed by atoms with Crippen molar-refractivity contribution < 1.29 is 68.5 Å². The number of hydrogen-bond donors (Lipinski definition) is 15. The Morgan fingerprint density at radius 2 is 0.655 bits per heavy atom. The van der Waals surface area contributed by atoms with E-state index in [4.69, 9.17) is 49.0 Å². The number of methoxy groups -OCH3 is 3. The number of esters is 3. The van der Waals surface area contributed by atoms with Crippen LogP contribution in [0.1, 0.15) is 108 Å². The van der Waals surface area contributed by atoms with Gasteiger partial charge in [-0.2, -0.15) is 119 Å². The van der Waals surface area contributed by atoms with Gasteiger partial charge < -0.3 is 74.1 Å². The van der Waals surface area contributed by atoms with Crippen LogP contribution in [0.2, 0.25) is 0 Å². The highest BCUT2D eigenvalue weighted by Crippen LogP contribution is 2.40. The quantitative estimate of drug-likeness (QED) is 0.00942. The van der Waals surface area contributed by atoms with Gasteiger partial charge in [0, 0.05) is 6.07 Å². The van der Waals surface area contributed by atoms with E-state index in [-0.39, 0.29) is 178 Å². The van der Waals surface area contributed by atoms with Gasteiger partial charge in [0.2, 0.25) is 0 Å². The van der Waals surface area contributed by atoms with Crippen molar-refractivity contribution >= 4 is 139 Å². The molecule has 17 aromatic rings. The number of H-pyrrole nitrogens is 4. The van der Waals surface area contributed by atoms with E-state index >= 15 is 0 Å². The summed E-state index contributed by atoms with van der Waals surface area (Å²) in [6.45, 7) is 10.7. The average Bonchev–Trinajstić information content (AvgIpc) is 1.63. The molecule has 0 saturated heterocycles. The van der Waals surface area contributed by atoms with Crippen LogP contribution in [0, 0.1) is 55.4 Å². The molecule has 0 saturated carbocycles. The molecule has 0 aliphatic rings. The van der Waals surface area contributed by atoms with Gasteiger partial charge in [0.25, 0.3) is 23.8 Å². The van der Waals surface area contributed by atoms with Crippen molar-refractivity contribution in [3.05, 3.63) is 177 Å². The lowest BCUT2D eigenvalue weighted by molar-refractivity contribution is 0.0592. The number of aryl methyl sites for hydroxylation is 8. The molecule has 64 heteroatoms. The number of ether oxygens (including phenoxy) is 3. The number of nitrogens with two attached hydrogens (primary N) is 6. The van der Waals surface area contributed by atoms with Gasteiger partial charge in [0.15, 0.2) is 133 Å². The van der Waals surface area contributed by atoms with Crippen LogP contribution >= 0.6 is 0 Å². The molecule has 2 aromatic carbocycles. The van der Waals surface area contributed by atoms with Crippen LogP contribution in [0.25, 0.3) is 46.8 Å². The molecule has 17 rings (SSSR count). The van der Waals surface area contributed by atoms with Gasteiger partial charge in [-0.25, -0.2) is 33.7 Å². The zero-order valence-corrected chi connectivity index (χ0v) is 75.6. The van der Waals surface area contributed by atoms with E-state index in [1.54, 1.807) is 104 Å². The third kappa shape index (κ3) is 19.2. The number of azo groups is 6. The highest BCUT2D eigenvalue weighted by Gasteiger charge is 2.30. The summed E-state index contributed by atoms with van der Waals surface area (Å²) < 4.78 is 24.2. The fraction of sp³-hybridized carbons (Fsp3) is 0.179. The zero-order chi connectivity index (χ0) is 101. The first-order valence-electron chi connectivity index (χ1n) is 40.7. The van der Waals surface area contributed by atoms with Crippen LogP contribution < -0.4 is 34.4 Å². The Labute approximate surface area is 791 Å². The summed E-state index contributed by atoms with van der Waals surface area (Å²) in [6, 6.07) is 18.0. The smallest absolute Gasteiger partial charge is 0.343 e. The molecule has 0 spiro atoms. The Kier molecular flexibility index (Phi) is 27.5. The highest BCUT2D eigenvalue weighted by atomic mass is 16.5. The second-order valence-electron chi connectivity index (χ2n) is 29.1. The van der Waals surface area contributed by atoms with Gasteiger partial charge in [-0.1, -0.05) is 36.4 Å². The molecule has 142 heavy (non-hydrogen) atoms. The maximum Gasteiger partial charge on any atom is 0.343 e. The first-order chi connectivity index (χ1) is 68.3. The number of benzene rings is 2. The lowest BCUT2D eigenvalue weighted by atomic mass is 10.1. The number of aromatic hydroxyl groups is 2. The van der Waals surface area contributed by atoms with Gasteiger partial charge >= 0.3 is 29.9 Å². The molecule has 15 aromatic heterocycles. The van der Waals surface area contributed by atoms with Crippen LogP contribution in [0.3, 0.4) is 0 Å². The number of aliphatic hydroxyl groups is 3. The number of carbonyl (C=O) groups excluding carboxylic acids is 6. The molecule has 0 unspecified atom stereocenters. The van der Waals surface area contributed by atoms with Crippen LogP contribution in [0.4, 0.5) is 104 Å². The Bertz CT molecular complexity index is 7490. The Balaban J connectivity index is 0.000000162. The number of hydrogen-bond acceptors (Lipinski definition) is 52. The summed E-state index contributed by atoms with van der Waals surface area (Å²) in [4.78, 5) is 106. The van der Waals surface area contributed by atoms with Crippen molar-refractivity contribution in [2.75, 3.05) is 75.6 Å². The van der Waals surface area contributed by atoms with Crippen molar-refractivity contribution in [1.29, 1.82) is 0 Å². The van der Waals surface area contributed by atoms with Crippen LogP contribution in [0.15, 0.2) is 159 Å². The predicted molar refractivity (Wildman–Crippen MR) is 487 cm³/mol. The molecule has 0 aliphatic carbocycles. The molecule has 0 atom stereocenters. The molecule has 64 nitrogen and oxygen atoms in total. The number of aromatic amines is 4. The third-order valence-corrected chi connectivity index (χ3v) is 20.0. The largest absolute Gasteiger partial charge is 0.479 e. The molecule has 0 bridgehead atoms. The Morgan fingerprint density at radius 1 is 0.338 bits per heavy atom. The first-order valence-corrected chi connectivity index (χ1v) is 40.7. The topological polar surface area (TPSA) is 896 Å². The maximum absolute atomic E-state index is 12.5. The summed E-state index contributed by atoms with van der Waals surface area (Å²) >= 11 is 0. The van der Waals surface area contributed by atoms with Crippen LogP contribution in [0.5, 0.6) is 12.0 Å². The maximum atomic E-state index is 12.5. The fourth-order valence-corrected chi connectivity index (χ4v) is 13.1. The average molecular weight is 1940 g/mol. The molecule has 15 heterocycles. The van der Waals surface area contributed by atoms with E-state index in [2.05, 4.69) is 188 Å². The molecule has 722 valence electrons. The van der Waals surface area contributed by atoms with Gasteiger partial charge in [0.1, 0.15) is 42.8 Å². The third-order valence-electron chi connectivity index (χ3n) is 20.0. The fourth-order valence-electron chi connectivity index (χ4n) is 13.1. The minimum absolute atomic E-state index is 0.00257. The van der Waals surface area contributed by atoms with Gasteiger partial charge in [-0.3, -0.25) is 34.8 Å². The van der Waals surface area contributed by atoms with E-state index in [1.807, 2.05) is 12.1 Å². The SMILES string of the molecule is COC(=O)c1c(C)n[nH]c1N=Nc1c(C)nn(-c2cc(-n3nc(C)c(N=Nc4[nH]nc(C)c4C(=O)CO)c3N)ncn2)c1N.COC(=O)c1cn[nH]c1N=Nc1c(C)nn(-c2nc(O)nc(-n3nc(C)c(N=Nc4[nH]ncc4C(=O)CO)c3N)n2)c1N.COC(=O)c1cnn(-c2ccccc2)c1N=Nc1c(C)nn(-c2nc(O)nc(-n3nc(C)c(N=Nc4c(C(=O)CO)cnn4-c4ccccc4)c3N)n2)c1N. The van der Waals surface area contributed by atoms with Crippen molar-refractivity contribution in [3.63, 3.8) is 0 Å². The molecular weight excluding hydrogens is 1860 g/mol. The number of carbonyl (C=O) groups is 6. The van der Waals surface area contributed by atoms with E-state index in [0.717, 1.165) is 18.7 Å². The Hall–Kier alpha value is -20.6. The lowest BCUT2D eigenvalue weighted by Gasteiger charge is -2.06. The number of nitrogens with zero attached hydrogens (tertiary/aromatic N) is 40. The van der Waals surface area contributed by atoms with Crippen molar-refractivity contribution in [2.24, 2.45) is 61.4 Å². The molecular formula is C78H76N50O14. The van der Waals surface area contributed by atoms with Crippen molar-refractivity contribution in [3.8, 4) is 58.8 Å². The number of ketones is 3. The summed E-state index contributed by atoms with van der Waals surface area (Å²) in [5, 5.41) is 159. The second-order valence-corrected chi connectivity index (χ2v) is 29.1. The van der Waals surface area contributed by atoms with Crippen molar-refractivity contribution in [2.45, 2.75) is 55.4 Å². The standard InChI is InChI=1S/C33H29N17O5.C24H26N16O4.C21H21N17O5/c1-17-24(41-43-28-21(23(52)16-51)14-36-47(28)19-10-6-4-7-11-19)26(34)49(45-17)31-38-32(40-33(54)39-31)50-27(35)25(18(2)46-50)42-44-29-22(30(53)55-3)15-37-48(29)20-12-8-5-9-13-20;1-9-16(13(42)7-41)22(33-29-9)35-31-18-11(3)37-39(20(18)25)14-6-15(28-8-27-14)40-21(26)19(12(4)38-40)32-36-23-17(24(43)44-5)10(2)30-34-23;1-7-12(29-33-16-9(4-24-31-16)11(40)6-39)14(22)37(35-7)19-26-20(28-21(42)27-19)38-15(23)13(8(2)36-38)30-34-17-10(5-25-32-17)18(41)43-3/h4-15,51H,16,34-35H2,1-3H3,(H,38,39,40,54);6,8,41H,7,25-26H2,1-5H3,(H,29,33)(H,30,34);4-5,39H,6,22-23H2,1-3H3,(H,24,31)(H,25,32)(H,26,27,28,42). The minimum Gasteiger partial charge on any atom is -0.479 e. The van der Waals surface area contributed by atoms with E-state index in [1.165, 1.54) is 77.2 Å². The highest BCUT2D eigenvalue weighted by molar-refractivity contribution is 6.03. The number of para-hydroxylation sites is 2. The first kappa shape index (κ1) is 96.0. The predicted octanol–water partition coefficient (Wildman–Crippen LogP) is 7.35. The number of aliphatic hydroxyl groups excluding tert-OH is 3. The Morgan fingerprint density at radius 3 is 1.04 bits per heavy atom. The molecule has 0 fully saturated rings. The number of anilines is 6. The van der Waals surface area contributed by atoms with Crippen LogP contribution in [-0.4, -0.2) is 261 Å². The van der Waals surface area contributed by atoms with Gasteiger partial charge in [-0.05, 0) is 79.7 Å². The van der Waals surface area contributed by atoms with E-state index in [0.29, 0.717) is 51.2 Å². The summed E-state index contributed by atoms with van der Waals surface area (Å²) in [7, 11) is 3.70. The monoisotopic (exact) mass is 1940 g/mol. The normalized spacial score (nSPS) is 11.6. The van der Waals surface area contributed by atoms with Crippen LogP contribution in [-0.2, 0) is 14.2 Å². The van der Waals surface area contributed by atoms with Crippen molar-refractivity contribution in [1.82, 2.24) is 159 Å².